The smallest absolute Gasteiger partial charge is 0.157 e. The Hall–Kier alpha value is -1.38. The van der Waals surface area contributed by atoms with Crippen LogP contribution in [0.4, 0.5) is 0 Å². The molecule has 1 heterocycles. The minimum Gasteiger partial charge on any atom is -0.334 e. The SMILES string of the molecule is CC(C)C(=O)/C=C/Cn1ccnc1. The summed E-state index contributed by atoms with van der Waals surface area (Å²) in [6.07, 6.45) is 8.79. The molecular formula is C10H14N2O. The first-order valence-electron chi connectivity index (χ1n) is 4.36. The van der Waals surface area contributed by atoms with Crippen LogP contribution in [-0.4, -0.2) is 15.3 Å². The Kier molecular flexibility index (Phi) is 3.43. The lowest BCUT2D eigenvalue weighted by Gasteiger charge is -1.97. The lowest BCUT2D eigenvalue weighted by Crippen LogP contribution is -2.02. The molecule has 0 bridgehead atoms. The maximum atomic E-state index is 11.2. The van der Waals surface area contributed by atoms with Crippen LogP contribution in [0.5, 0.6) is 0 Å². The first-order chi connectivity index (χ1) is 6.20. The zero-order valence-electron chi connectivity index (χ0n) is 7.97. The number of ketones is 1. The van der Waals surface area contributed by atoms with Gasteiger partial charge in [0.2, 0.25) is 0 Å². The van der Waals surface area contributed by atoms with Crippen molar-refractivity contribution in [3.05, 3.63) is 30.9 Å². The van der Waals surface area contributed by atoms with Crippen LogP contribution in [0.3, 0.4) is 0 Å². The third-order valence-electron chi connectivity index (χ3n) is 1.73. The van der Waals surface area contributed by atoms with Crippen molar-refractivity contribution in [2.24, 2.45) is 5.92 Å². The van der Waals surface area contributed by atoms with Gasteiger partial charge in [-0.1, -0.05) is 19.9 Å². The molecule has 0 fully saturated rings. The molecule has 70 valence electrons. The molecule has 1 aromatic rings. The van der Waals surface area contributed by atoms with E-state index in [1.807, 2.05) is 30.7 Å². The lowest BCUT2D eigenvalue weighted by atomic mass is 10.1. The molecule has 0 amide bonds. The van der Waals surface area contributed by atoms with Crippen LogP contribution >= 0.6 is 0 Å². The number of nitrogens with zero attached hydrogens (tertiary/aromatic N) is 2. The van der Waals surface area contributed by atoms with Gasteiger partial charge in [0.05, 0.1) is 6.33 Å². The molecule has 0 saturated heterocycles. The molecule has 0 N–H and O–H groups in total. The minimum atomic E-state index is 0.0824. The molecule has 0 saturated carbocycles. The van der Waals surface area contributed by atoms with Gasteiger partial charge in [0.15, 0.2) is 5.78 Å². The van der Waals surface area contributed by atoms with Gasteiger partial charge in [-0.2, -0.15) is 0 Å². The van der Waals surface area contributed by atoms with Crippen LogP contribution in [0.25, 0.3) is 0 Å². The van der Waals surface area contributed by atoms with Crippen molar-refractivity contribution in [1.29, 1.82) is 0 Å². The third-order valence-corrected chi connectivity index (χ3v) is 1.73. The van der Waals surface area contributed by atoms with Gasteiger partial charge in [-0.25, -0.2) is 4.98 Å². The Bertz CT molecular complexity index is 286. The van der Waals surface area contributed by atoms with E-state index in [0.29, 0.717) is 6.54 Å². The second-order valence-corrected chi connectivity index (χ2v) is 3.22. The summed E-state index contributed by atoms with van der Waals surface area (Å²) in [5, 5.41) is 0. The molecule has 13 heavy (non-hydrogen) atoms. The van der Waals surface area contributed by atoms with Gasteiger partial charge < -0.3 is 4.57 Å². The molecule has 0 spiro atoms. The quantitative estimate of drug-likeness (QED) is 0.657. The summed E-state index contributed by atoms with van der Waals surface area (Å²) < 4.78 is 1.91. The van der Waals surface area contributed by atoms with Crippen molar-refractivity contribution >= 4 is 5.78 Å². The van der Waals surface area contributed by atoms with E-state index in [2.05, 4.69) is 4.98 Å². The van der Waals surface area contributed by atoms with E-state index in [-0.39, 0.29) is 11.7 Å². The topological polar surface area (TPSA) is 34.9 Å². The van der Waals surface area contributed by atoms with Crippen molar-refractivity contribution in [1.82, 2.24) is 9.55 Å². The van der Waals surface area contributed by atoms with E-state index in [1.165, 1.54) is 0 Å². The number of allylic oxidation sites excluding steroid dienone is 2. The maximum absolute atomic E-state index is 11.2. The fourth-order valence-corrected chi connectivity index (χ4v) is 0.878. The van der Waals surface area contributed by atoms with Crippen LogP contribution in [0, 0.1) is 5.92 Å². The van der Waals surface area contributed by atoms with Gasteiger partial charge in [-0.05, 0) is 6.08 Å². The fourth-order valence-electron chi connectivity index (χ4n) is 0.878. The molecule has 1 rings (SSSR count). The van der Waals surface area contributed by atoms with E-state index in [9.17, 15) is 4.79 Å². The van der Waals surface area contributed by atoms with Crippen LogP contribution in [0.2, 0.25) is 0 Å². The molecule has 0 aromatic carbocycles. The predicted octanol–water partition coefficient (Wildman–Crippen LogP) is 1.66. The van der Waals surface area contributed by atoms with Crippen molar-refractivity contribution in [3.63, 3.8) is 0 Å². The molecule has 0 radical (unpaired) electrons. The average molecular weight is 178 g/mol. The van der Waals surface area contributed by atoms with Crippen LogP contribution < -0.4 is 0 Å². The Morgan fingerprint density at radius 2 is 2.38 bits per heavy atom. The highest BCUT2D eigenvalue weighted by Crippen LogP contribution is 1.96. The van der Waals surface area contributed by atoms with Gasteiger partial charge in [0.1, 0.15) is 0 Å². The number of hydrogen-bond acceptors (Lipinski definition) is 2. The van der Waals surface area contributed by atoms with Gasteiger partial charge in [0.25, 0.3) is 0 Å². The van der Waals surface area contributed by atoms with E-state index < -0.39 is 0 Å². The zero-order chi connectivity index (χ0) is 9.68. The molecule has 0 atom stereocenters. The van der Waals surface area contributed by atoms with E-state index in [0.717, 1.165) is 0 Å². The van der Waals surface area contributed by atoms with E-state index in [4.69, 9.17) is 0 Å². The largest absolute Gasteiger partial charge is 0.334 e. The van der Waals surface area contributed by atoms with E-state index in [1.54, 1.807) is 18.6 Å². The summed E-state index contributed by atoms with van der Waals surface area (Å²) in [5.74, 6) is 0.249. The molecule has 0 aliphatic carbocycles. The fraction of sp³-hybridized carbons (Fsp3) is 0.400. The van der Waals surface area contributed by atoms with Gasteiger partial charge in [-0.15, -0.1) is 0 Å². The third kappa shape index (κ3) is 3.23. The highest BCUT2D eigenvalue weighted by atomic mass is 16.1. The summed E-state index contributed by atoms with van der Waals surface area (Å²) in [6.45, 7) is 4.49. The number of aromatic nitrogens is 2. The summed E-state index contributed by atoms with van der Waals surface area (Å²) in [4.78, 5) is 15.1. The van der Waals surface area contributed by atoms with Crippen LogP contribution in [0.15, 0.2) is 30.9 Å². The number of rotatable bonds is 4. The maximum Gasteiger partial charge on any atom is 0.157 e. The number of imidazole rings is 1. The van der Waals surface area contributed by atoms with Crippen molar-refractivity contribution in [3.8, 4) is 0 Å². The summed E-state index contributed by atoms with van der Waals surface area (Å²) in [7, 11) is 0. The monoisotopic (exact) mass is 178 g/mol. The second kappa shape index (κ2) is 4.60. The van der Waals surface area contributed by atoms with Gasteiger partial charge in [0, 0.05) is 24.9 Å². The van der Waals surface area contributed by atoms with Crippen LogP contribution in [0.1, 0.15) is 13.8 Å². The number of hydrogen-bond donors (Lipinski definition) is 0. The molecular weight excluding hydrogens is 164 g/mol. The zero-order valence-corrected chi connectivity index (χ0v) is 7.97. The summed E-state index contributed by atoms with van der Waals surface area (Å²) in [5.41, 5.74) is 0. The highest BCUT2D eigenvalue weighted by Gasteiger charge is 2.00. The van der Waals surface area contributed by atoms with Crippen molar-refractivity contribution < 1.29 is 4.79 Å². The molecule has 0 unspecified atom stereocenters. The summed E-state index contributed by atoms with van der Waals surface area (Å²) in [6, 6.07) is 0. The lowest BCUT2D eigenvalue weighted by molar-refractivity contribution is -0.117. The molecule has 3 nitrogen and oxygen atoms in total. The molecule has 1 aromatic heterocycles. The van der Waals surface area contributed by atoms with E-state index >= 15 is 0 Å². The predicted molar refractivity (Wildman–Crippen MR) is 51.2 cm³/mol. The Labute approximate surface area is 78.1 Å². The molecule has 3 heteroatoms. The Balaban J connectivity index is 2.38. The van der Waals surface area contributed by atoms with Gasteiger partial charge >= 0.3 is 0 Å². The second-order valence-electron chi connectivity index (χ2n) is 3.22. The number of carbonyl (C=O) groups is 1. The number of carbonyl (C=O) groups excluding carboxylic acids is 1. The Morgan fingerprint density at radius 3 is 2.92 bits per heavy atom. The minimum absolute atomic E-state index is 0.0824. The van der Waals surface area contributed by atoms with Crippen LogP contribution in [-0.2, 0) is 11.3 Å². The molecule has 0 aliphatic heterocycles. The first kappa shape index (κ1) is 9.71. The van der Waals surface area contributed by atoms with Crippen molar-refractivity contribution in [2.75, 3.05) is 0 Å². The van der Waals surface area contributed by atoms with Crippen molar-refractivity contribution in [2.45, 2.75) is 20.4 Å². The normalized spacial score (nSPS) is 11.3. The summed E-state index contributed by atoms with van der Waals surface area (Å²) >= 11 is 0. The average Bonchev–Trinajstić information content (AvgIpc) is 2.56. The standard InChI is InChI=1S/C10H14N2O/c1-9(2)10(13)4-3-6-12-7-5-11-8-12/h3-5,7-9H,6H2,1-2H3/b4-3+. The molecule has 0 aliphatic rings. The Morgan fingerprint density at radius 1 is 1.62 bits per heavy atom. The first-order valence-corrected chi connectivity index (χ1v) is 4.36. The van der Waals surface area contributed by atoms with Gasteiger partial charge in [-0.3, -0.25) is 4.79 Å². The highest BCUT2D eigenvalue weighted by molar-refractivity contribution is 5.91.